The van der Waals surface area contributed by atoms with E-state index in [2.05, 4.69) is 27.4 Å². The van der Waals surface area contributed by atoms with Gasteiger partial charge in [0.15, 0.2) is 0 Å². The molecule has 15 heavy (non-hydrogen) atoms. The smallest absolute Gasteiger partial charge is 0.133 e. The molecule has 0 aromatic heterocycles. The first-order chi connectivity index (χ1) is 7.33. The average Bonchev–Trinajstić information content (AvgIpc) is 2.30. The zero-order valence-electron chi connectivity index (χ0n) is 8.60. The number of para-hydroxylation sites is 1. The van der Waals surface area contributed by atoms with E-state index >= 15 is 0 Å². The number of benzene rings is 2. The molecular weight excluding hydrogens is 203 g/mol. The molecule has 2 aromatic rings. The molecule has 1 atom stereocenters. The summed E-state index contributed by atoms with van der Waals surface area (Å²) in [6.07, 6.45) is 0. The molecule has 1 unspecified atom stereocenters. The summed E-state index contributed by atoms with van der Waals surface area (Å²) >= 11 is 0. The lowest BCUT2D eigenvalue weighted by Crippen LogP contribution is -1.99. The van der Waals surface area contributed by atoms with E-state index in [9.17, 15) is 0 Å². The van der Waals surface area contributed by atoms with Gasteiger partial charge in [-0.2, -0.15) is 0 Å². The summed E-state index contributed by atoms with van der Waals surface area (Å²) in [5.74, 6) is 0.925. The minimum atomic E-state index is 0.925. The Morgan fingerprint density at radius 1 is 0.933 bits per heavy atom. The molecule has 0 aliphatic rings. The Bertz CT molecular complexity index is 451. The first kappa shape index (κ1) is 10.2. The minimum Gasteiger partial charge on any atom is -0.495 e. The van der Waals surface area contributed by atoms with Crippen LogP contribution in [-0.4, -0.2) is 7.11 Å². The van der Waals surface area contributed by atoms with Gasteiger partial charge in [0.1, 0.15) is 5.75 Å². The number of methoxy groups -OCH3 is 1. The molecule has 2 aromatic carbocycles. The number of ether oxygens (including phenoxy) is 1. The van der Waals surface area contributed by atoms with Crippen LogP contribution in [0.15, 0.2) is 48.5 Å². The first-order valence-corrected chi connectivity index (χ1v) is 5.38. The third-order valence-electron chi connectivity index (χ3n) is 2.33. The van der Waals surface area contributed by atoms with Gasteiger partial charge in [-0.05, 0) is 5.56 Å². The zero-order chi connectivity index (χ0) is 10.7. The van der Waals surface area contributed by atoms with Crippen molar-refractivity contribution in [1.29, 1.82) is 0 Å². The van der Waals surface area contributed by atoms with Crippen LogP contribution in [0.2, 0.25) is 0 Å². The molecule has 0 heterocycles. The molecule has 0 saturated heterocycles. The van der Waals surface area contributed by atoms with Crippen LogP contribution in [0.25, 0.3) is 11.1 Å². The lowest BCUT2D eigenvalue weighted by Gasteiger charge is -2.10. The van der Waals surface area contributed by atoms with Crippen molar-refractivity contribution >= 4 is 14.5 Å². The molecule has 0 fully saturated rings. The van der Waals surface area contributed by atoms with Crippen molar-refractivity contribution in [2.24, 2.45) is 0 Å². The highest BCUT2D eigenvalue weighted by molar-refractivity contribution is 7.27. The van der Waals surface area contributed by atoms with Gasteiger partial charge in [-0.3, -0.25) is 0 Å². The lowest BCUT2D eigenvalue weighted by atomic mass is 10.0. The fourth-order valence-corrected chi connectivity index (χ4v) is 2.01. The lowest BCUT2D eigenvalue weighted by molar-refractivity contribution is 0.420. The minimum absolute atomic E-state index is 0.925. The molecule has 0 aliphatic carbocycles. The van der Waals surface area contributed by atoms with Crippen molar-refractivity contribution in [2.45, 2.75) is 0 Å². The fourth-order valence-electron chi connectivity index (χ4n) is 1.63. The number of hydrogen-bond donors (Lipinski definition) is 0. The van der Waals surface area contributed by atoms with Crippen molar-refractivity contribution in [3.8, 4) is 16.9 Å². The van der Waals surface area contributed by atoms with Gasteiger partial charge in [0.25, 0.3) is 0 Å². The van der Waals surface area contributed by atoms with Gasteiger partial charge in [0.05, 0.1) is 7.11 Å². The van der Waals surface area contributed by atoms with Crippen LogP contribution >= 0.6 is 9.24 Å². The summed E-state index contributed by atoms with van der Waals surface area (Å²) in [4.78, 5) is 0. The van der Waals surface area contributed by atoms with Crippen LogP contribution in [0.4, 0.5) is 0 Å². The molecule has 0 radical (unpaired) electrons. The Labute approximate surface area is 92.3 Å². The molecule has 0 spiro atoms. The van der Waals surface area contributed by atoms with Crippen molar-refractivity contribution < 1.29 is 4.74 Å². The van der Waals surface area contributed by atoms with Crippen LogP contribution in [0.5, 0.6) is 5.75 Å². The molecule has 0 amide bonds. The SMILES string of the molecule is COc1c(P)cccc1-c1ccccc1. The molecule has 2 rings (SSSR count). The molecule has 0 aliphatic heterocycles. The van der Waals surface area contributed by atoms with Crippen LogP contribution in [0.3, 0.4) is 0 Å². The molecule has 0 saturated carbocycles. The number of rotatable bonds is 2. The molecule has 1 nitrogen and oxygen atoms in total. The van der Waals surface area contributed by atoms with Crippen LogP contribution in [0.1, 0.15) is 0 Å². The van der Waals surface area contributed by atoms with E-state index in [0.717, 1.165) is 16.6 Å². The monoisotopic (exact) mass is 216 g/mol. The summed E-state index contributed by atoms with van der Waals surface area (Å²) in [6, 6.07) is 16.4. The zero-order valence-corrected chi connectivity index (χ0v) is 9.76. The summed E-state index contributed by atoms with van der Waals surface area (Å²) in [7, 11) is 4.40. The van der Waals surface area contributed by atoms with Gasteiger partial charge in [0, 0.05) is 10.9 Å². The molecular formula is C13H13OP. The van der Waals surface area contributed by atoms with E-state index in [1.54, 1.807) is 7.11 Å². The van der Waals surface area contributed by atoms with Crippen molar-refractivity contribution in [1.82, 2.24) is 0 Å². The van der Waals surface area contributed by atoms with Gasteiger partial charge in [-0.15, -0.1) is 9.24 Å². The summed E-state index contributed by atoms with van der Waals surface area (Å²) in [5.41, 5.74) is 2.31. The molecule has 0 bridgehead atoms. The maximum absolute atomic E-state index is 5.41. The Morgan fingerprint density at radius 3 is 2.33 bits per heavy atom. The van der Waals surface area contributed by atoms with Gasteiger partial charge < -0.3 is 4.74 Å². The van der Waals surface area contributed by atoms with E-state index in [1.807, 2.05) is 30.3 Å². The third kappa shape index (κ3) is 2.03. The maximum Gasteiger partial charge on any atom is 0.133 e. The van der Waals surface area contributed by atoms with Crippen LogP contribution in [0, 0.1) is 0 Å². The normalized spacial score (nSPS) is 10.0. The van der Waals surface area contributed by atoms with E-state index in [0.29, 0.717) is 0 Å². The Kier molecular flexibility index (Phi) is 3.03. The summed E-state index contributed by atoms with van der Waals surface area (Å²) in [5, 5.41) is 1.08. The van der Waals surface area contributed by atoms with E-state index in [4.69, 9.17) is 4.74 Å². The topological polar surface area (TPSA) is 9.23 Å². The number of hydrogen-bond acceptors (Lipinski definition) is 1. The highest BCUT2D eigenvalue weighted by Crippen LogP contribution is 2.28. The average molecular weight is 216 g/mol. The van der Waals surface area contributed by atoms with Gasteiger partial charge in [-0.1, -0.05) is 48.5 Å². The first-order valence-electron chi connectivity index (χ1n) is 4.81. The predicted octanol–water partition coefficient (Wildman–Crippen LogP) is 2.86. The Morgan fingerprint density at radius 2 is 1.67 bits per heavy atom. The Hall–Kier alpha value is -1.33. The second-order valence-corrected chi connectivity index (χ2v) is 3.92. The van der Waals surface area contributed by atoms with Crippen molar-refractivity contribution in [3.63, 3.8) is 0 Å². The van der Waals surface area contributed by atoms with Gasteiger partial charge >= 0.3 is 0 Å². The standard InChI is InChI=1S/C13H13OP/c1-14-13-11(8-5-9-12(13)15)10-6-3-2-4-7-10/h2-9H,15H2,1H3. The third-order valence-corrected chi connectivity index (χ3v) is 2.79. The van der Waals surface area contributed by atoms with Crippen molar-refractivity contribution in [3.05, 3.63) is 48.5 Å². The largest absolute Gasteiger partial charge is 0.495 e. The maximum atomic E-state index is 5.41. The predicted molar refractivity (Wildman–Crippen MR) is 67.8 cm³/mol. The summed E-state index contributed by atoms with van der Waals surface area (Å²) in [6.45, 7) is 0. The fraction of sp³-hybridized carbons (Fsp3) is 0.0769. The summed E-state index contributed by atoms with van der Waals surface area (Å²) < 4.78 is 5.41. The Balaban J connectivity index is 2.58. The highest BCUT2D eigenvalue weighted by Gasteiger charge is 2.06. The van der Waals surface area contributed by atoms with Crippen LogP contribution in [-0.2, 0) is 0 Å². The molecule has 0 N–H and O–H groups in total. The second kappa shape index (κ2) is 4.46. The molecule has 2 heteroatoms. The second-order valence-electron chi connectivity index (χ2n) is 3.29. The van der Waals surface area contributed by atoms with Crippen molar-refractivity contribution in [2.75, 3.05) is 7.11 Å². The van der Waals surface area contributed by atoms with E-state index in [-0.39, 0.29) is 0 Å². The molecule has 76 valence electrons. The van der Waals surface area contributed by atoms with E-state index in [1.165, 1.54) is 5.56 Å². The van der Waals surface area contributed by atoms with Crippen LogP contribution < -0.4 is 10.0 Å². The quantitative estimate of drug-likeness (QED) is 0.701. The van der Waals surface area contributed by atoms with E-state index < -0.39 is 0 Å². The highest BCUT2D eigenvalue weighted by atomic mass is 31.0. The van der Waals surface area contributed by atoms with Gasteiger partial charge in [0.2, 0.25) is 0 Å². The van der Waals surface area contributed by atoms with Gasteiger partial charge in [-0.25, -0.2) is 0 Å².